The van der Waals surface area contributed by atoms with E-state index in [2.05, 4.69) is 22.3 Å². The molecule has 2 aromatic rings. The molecule has 0 bridgehead atoms. The number of rotatable bonds is 4. The summed E-state index contributed by atoms with van der Waals surface area (Å²) in [6.45, 7) is 0.636. The van der Waals surface area contributed by atoms with Gasteiger partial charge in [-0.1, -0.05) is 30.3 Å². The maximum Gasteiger partial charge on any atom is 0.195 e. The SMILES string of the molecule is OCc1n[nH]c(=S)n1CCc1ccccc1. The molecule has 1 aromatic heterocycles. The number of nitrogens with zero attached hydrogens (tertiary/aromatic N) is 2. The Bertz CT molecular complexity index is 503. The van der Waals surface area contributed by atoms with Crippen LogP contribution in [0.25, 0.3) is 0 Å². The van der Waals surface area contributed by atoms with Crippen LogP contribution in [0.1, 0.15) is 11.4 Å². The molecule has 0 saturated heterocycles. The minimum atomic E-state index is -0.0953. The number of hydrogen-bond donors (Lipinski definition) is 2. The number of hydrogen-bond acceptors (Lipinski definition) is 3. The van der Waals surface area contributed by atoms with E-state index < -0.39 is 0 Å². The minimum Gasteiger partial charge on any atom is -0.388 e. The highest BCUT2D eigenvalue weighted by atomic mass is 32.1. The molecule has 84 valence electrons. The number of benzene rings is 1. The van der Waals surface area contributed by atoms with Crippen LogP contribution in [0.5, 0.6) is 0 Å². The largest absolute Gasteiger partial charge is 0.388 e. The summed E-state index contributed by atoms with van der Waals surface area (Å²) >= 11 is 5.09. The van der Waals surface area contributed by atoms with Gasteiger partial charge in [-0.2, -0.15) is 5.10 Å². The molecule has 5 heteroatoms. The first kappa shape index (κ1) is 11.0. The monoisotopic (exact) mass is 235 g/mol. The summed E-state index contributed by atoms with van der Waals surface area (Å²) in [7, 11) is 0. The zero-order chi connectivity index (χ0) is 11.4. The first-order valence-corrected chi connectivity index (χ1v) is 5.51. The molecule has 4 nitrogen and oxygen atoms in total. The van der Waals surface area contributed by atoms with E-state index in [1.165, 1.54) is 5.56 Å². The van der Waals surface area contributed by atoms with Crippen molar-refractivity contribution in [2.75, 3.05) is 0 Å². The molecule has 0 aliphatic heterocycles. The van der Waals surface area contributed by atoms with E-state index in [0.29, 0.717) is 10.6 Å². The fourth-order valence-electron chi connectivity index (χ4n) is 1.59. The lowest BCUT2D eigenvalue weighted by atomic mass is 10.1. The molecule has 0 aliphatic carbocycles. The van der Waals surface area contributed by atoms with E-state index in [1.807, 2.05) is 22.8 Å². The van der Waals surface area contributed by atoms with Crippen LogP contribution in [0.15, 0.2) is 30.3 Å². The summed E-state index contributed by atoms with van der Waals surface area (Å²) in [5.74, 6) is 0.584. The van der Waals surface area contributed by atoms with Crippen LogP contribution in [0.2, 0.25) is 0 Å². The number of aromatic amines is 1. The van der Waals surface area contributed by atoms with Crippen molar-refractivity contribution in [2.45, 2.75) is 19.6 Å². The van der Waals surface area contributed by atoms with Crippen molar-refractivity contribution in [1.82, 2.24) is 14.8 Å². The Labute approximate surface area is 98.6 Å². The third kappa shape index (κ3) is 2.37. The topological polar surface area (TPSA) is 53.8 Å². The van der Waals surface area contributed by atoms with E-state index in [-0.39, 0.29) is 6.61 Å². The second-order valence-electron chi connectivity index (χ2n) is 3.49. The fourth-order valence-corrected chi connectivity index (χ4v) is 1.83. The molecule has 2 N–H and O–H groups in total. The van der Waals surface area contributed by atoms with Gasteiger partial charge >= 0.3 is 0 Å². The Kier molecular flexibility index (Phi) is 3.48. The summed E-state index contributed by atoms with van der Waals surface area (Å²) in [6, 6.07) is 10.2. The third-order valence-electron chi connectivity index (χ3n) is 2.45. The number of H-pyrrole nitrogens is 1. The molecule has 16 heavy (non-hydrogen) atoms. The van der Waals surface area contributed by atoms with Gasteiger partial charge in [-0.15, -0.1) is 0 Å². The van der Waals surface area contributed by atoms with Crippen LogP contribution in [0.3, 0.4) is 0 Å². The van der Waals surface area contributed by atoms with Gasteiger partial charge in [-0.25, -0.2) is 0 Å². The van der Waals surface area contributed by atoms with Gasteiger partial charge in [0.25, 0.3) is 0 Å². The Balaban J connectivity index is 2.10. The van der Waals surface area contributed by atoms with Gasteiger partial charge in [0.2, 0.25) is 0 Å². The van der Waals surface area contributed by atoms with Gasteiger partial charge in [0.05, 0.1) is 0 Å². The van der Waals surface area contributed by atoms with E-state index >= 15 is 0 Å². The van der Waals surface area contributed by atoms with Gasteiger partial charge in [0.15, 0.2) is 10.6 Å². The van der Waals surface area contributed by atoms with Crippen molar-refractivity contribution in [3.8, 4) is 0 Å². The molecular formula is C11H13N3OS. The van der Waals surface area contributed by atoms with Crippen LogP contribution in [-0.2, 0) is 19.6 Å². The Morgan fingerprint density at radius 1 is 1.31 bits per heavy atom. The van der Waals surface area contributed by atoms with Crippen LogP contribution >= 0.6 is 12.2 Å². The Morgan fingerprint density at radius 3 is 2.75 bits per heavy atom. The predicted molar refractivity (Wildman–Crippen MR) is 63.5 cm³/mol. The summed E-state index contributed by atoms with van der Waals surface area (Å²) in [5.41, 5.74) is 1.24. The predicted octanol–water partition coefficient (Wildman–Crippen LogP) is 1.68. The Hall–Kier alpha value is -1.46. The van der Waals surface area contributed by atoms with Crippen LogP contribution in [-0.4, -0.2) is 19.9 Å². The maximum atomic E-state index is 9.08. The fraction of sp³-hybridized carbons (Fsp3) is 0.273. The van der Waals surface area contributed by atoms with Crippen LogP contribution in [0, 0.1) is 4.77 Å². The zero-order valence-corrected chi connectivity index (χ0v) is 9.57. The van der Waals surface area contributed by atoms with E-state index in [1.54, 1.807) is 0 Å². The van der Waals surface area contributed by atoms with Crippen LogP contribution in [0.4, 0.5) is 0 Å². The molecule has 0 radical (unpaired) electrons. The third-order valence-corrected chi connectivity index (χ3v) is 2.76. The lowest BCUT2D eigenvalue weighted by Crippen LogP contribution is -2.06. The average molecular weight is 235 g/mol. The first-order chi connectivity index (χ1) is 7.81. The molecule has 1 heterocycles. The van der Waals surface area contributed by atoms with E-state index in [4.69, 9.17) is 17.3 Å². The summed E-state index contributed by atoms with van der Waals surface area (Å²) in [6.07, 6.45) is 0.877. The van der Waals surface area contributed by atoms with Crippen LogP contribution < -0.4 is 0 Å². The number of nitrogens with one attached hydrogen (secondary N) is 1. The summed E-state index contributed by atoms with van der Waals surface area (Å²) in [4.78, 5) is 0. The highest BCUT2D eigenvalue weighted by Crippen LogP contribution is 2.04. The van der Waals surface area contributed by atoms with Crippen molar-refractivity contribution < 1.29 is 5.11 Å². The molecule has 0 amide bonds. The number of aliphatic hydroxyl groups excluding tert-OH is 1. The van der Waals surface area contributed by atoms with E-state index in [9.17, 15) is 0 Å². The van der Waals surface area contributed by atoms with Crippen molar-refractivity contribution >= 4 is 12.2 Å². The highest BCUT2D eigenvalue weighted by molar-refractivity contribution is 7.71. The quantitative estimate of drug-likeness (QED) is 0.793. The molecule has 0 spiro atoms. The normalized spacial score (nSPS) is 10.6. The molecule has 1 aromatic carbocycles. The molecular weight excluding hydrogens is 222 g/mol. The lowest BCUT2D eigenvalue weighted by Gasteiger charge is -2.04. The second kappa shape index (κ2) is 5.05. The molecule has 0 fully saturated rings. The average Bonchev–Trinajstić information content (AvgIpc) is 2.69. The highest BCUT2D eigenvalue weighted by Gasteiger charge is 2.04. The first-order valence-electron chi connectivity index (χ1n) is 5.10. The van der Waals surface area contributed by atoms with Crippen molar-refractivity contribution in [1.29, 1.82) is 0 Å². The standard InChI is InChI=1S/C11H13N3OS/c15-8-10-12-13-11(16)14(10)7-6-9-4-2-1-3-5-9/h1-5,15H,6-8H2,(H,13,16). The Morgan fingerprint density at radius 2 is 2.06 bits per heavy atom. The number of aromatic nitrogens is 3. The molecule has 0 atom stereocenters. The van der Waals surface area contributed by atoms with Crippen molar-refractivity contribution in [3.63, 3.8) is 0 Å². The molecule has 2 rings (SSSR count). The number of aryl methyl sites for hydroxylation is 1. The smallest absolute Gasteiger partial charge is 0.195 e. The summed E-state index contributed by atoms with van der Waals surface area (Å²) in [5, 5.41) is 15.7. The number of aliphatic hydroxyl groups is 1. The minimum absolute atomic E-state index is 0.0953. The molecule has 0 aliphatic rings. The van der Waals surface area contributed by atoms with Gasteiger partial charge in [-0.05, 0) is 24.2 Å². The molecule has 0 unspecified atom stereocenters. The van der Waals surface area contributed by atoms with Gasteiger partial charge in [0, 0.05) is 6.54 Å². The molecule has 0 saturated carbocycles. The van der Waals surface area contributed by atoms with Gasteiger partial charge in [0.1, 0.15) is 6.61 Å². The second-order valence-corrected chi connectivity index (χ2v) is 3.88. The zero-order valence-electron chi connectivity index (χ0n) is 8.76. The summed E-state index contributed by atoms with van der Waals surface area (Å²) < 4.78 is 2.38. The maximum absolute atomic E-state index is 9.08. The van der Waals surface area contributed by atoms with Gasteiger partial charge < -0.3 is 9.67 Å². The van der Waals surface area contributed by atoms with Crippen molar-refractivity contribution in [3.05, 3.63) is 46.5 Å². The lowest BCUT2D eigenvalue weighted by molar-refractivity contribution is 0.264. The van der Waals surface area contributed by atoms with E-state index in [0.717, 1.165) is 13.0 Å². The van der Waals surface area contributed by atoms with Gasteiger partial charge in [-0.3, -0.25) is 5.10 Å². The van der Waals surface area contributed by atoms with Crippen molar-refractivity contribution in [2.24, 2.45) is 0 Å².